The monoisotopic (exact) mass is 188 g/mol. The number of aliphatic hydroxyl groups is 1. The lowest BCUT2D eigenvalue weighted by Crippen LogP contribution is -1.84. The first-order valence-corrected chi connectivity index (χ1v) is 4.89. The molecule has 0 aliphatic carbocycles. The van der Waals surface area contributed by atoms with Crippen molar-refractivity contribution in [3.8, 4) is 0 Å². The third kappa shape index (κ3) is 2.88. The zero-order chi connectivity index (χ0) is 10.4. The minimum atomic E-state index is 0.0797. The van der Waals surface area contributed by atoms with E-state index in [0.717, 1.165) is 17.6 Å². The van der Waals surface area contributed by atoms with Crippen molar-refractivity contribution in [1.82, 2.24) is 0 Å². The van der Waals surface area contributed by atoms with Gasteiger partial charge in [0.2, 0.25) is 0 Å². The maximum Gasteiger partial charge on any atom is 0.0713 e. The van der Waals surface area contributed by atoms with Crippen molar-refractivity contribution < 1.29 is 5.11 Å². The lowest BCUT2D eigenvalue weighted by molar-refractivity contribution is 0.331. The summed E-state index contributed by atoms with van der Waals surface area (Å²) in [4.78, 5) is 0. The Labute approximate surface area is 85.4 Å². The van der Waals surface area contributed by atoms with Crippen LogP contribution < -0.4 is 0 Å². The lowest BCUT2D eigenvalue weighted by Gasteiger charge is -2.01. The molecule has 1 heteroatoms. The maximum atomic E-state index is 8.91. The molecule has 0 saturated carbocycles. The summed E-state index contributed by atoms with van der Waals surface area (Å²) >= 11 is 0. The van der Waals surface area contributed by atoms with Gasteiger partial charge in [-0.1, -0.05) is 37.3 Å². The molecule has 0 aliphatic rings. The van der Waals surface area contributed by atoms with Gasteiger partial charge < -0.3 is 5.11 Å². The Hall–Kier alpha value is -1.30. The van der Waals surface area contributed by atoms with Crippen LogP contribution in [-0.4, -0.2) is 11.7 Å². The average molecular weight is 188 g/mol. The number of hydrogen-bond acceptors (Lipinski definition) is 1. The molecule has 1 N–H and O–H groups in total. The molecule has 74 valence electrons. The molecule has 14 heavy (non-hydrogen) atoms. The topological polar surface area (TPSA) is 20.2 Å². The third-order valence-electron chi connectivity index (χ3n) is 2.08. The molecular formula is C13H16O. The Kier molecular flexibility index (Phi) is 4.18. The van der Waals surface area contributed by atoms with Gasteiger partial charge in [-0.05, 0) is 24.5 Å². The van der Waals surface area contributed by atoms with E-state index < -0.39 is 0 Å². The highest BCUT2D eigenvalue weighted by atomic mass is 16.3. The van der Waals surface area contributed by atoms with Gasteiger partial charge in [0.1, 0.15) is 0 Å². The van der Waals surface area contributed by atoms with Gasteiger partial charge in [0.25, 0.3) is 0 Å². The number of rotatable bonds is 3. The summed E-state index contributed by atoms with van der Waals surface area (Å²) < 4.78 is 0. The van der Waals surface area contributed by atoms with Crippen LogP contribution in [0.4, 0.5) is 0 Å². The maximum absolute atomic E-state index is 8.91. The van der Waals surface area contributed by atoms with E-state index in [1.54, 1.807) is 0 Å². The predicted molar refractivity (Wildman–Crippen MR) is 59.9 cm³/mol. The van der Waals surface area contributed by atoms with Crippen LogP contribution in [-0.2, 0) is 0 Å². The van der Waals surface area contributed by atoms with Gasteiger partial charge in [-0.15, -0.1) is 5.73 Å². The van der Waals surface area contributed by atoms with Crippen molar-refractivity contribution in [3.63, 3.8) is 0 Å². The summed E-state index contributed by atoms with van der Waals surface area (Å²) in [6, 6.07) is 10.2. The Bertz CT molecular complexity index is 343. The van der Waals surface area contributed by atoms with Crippen LogP contribution in [0, 0.1) is 0 Å². The SMILES string of the molecule is CCC(=C=C(C)CO)c1ccccc1. The summed E-state index contributed by atoms with van der Waals surface area (Å²) in [5.41, 5.74) is 6.43. The molecule has 1 aromatic carbocycles. The molecule has 0 aromatic heterocycles. The molecule has 1 nitrogen and oxygen atoms in total. The molecule has 0 amide bonds. The van der Waals surface area contributed by atoms with Gasteiger partial charge in [0.15, 0.2) is 0 Å². The quantitative estimate of drug-likeness (QED) is 0.723. The highest BCUT2D eigenvalue weighted by molar-refractivity contribution is 5.64. The van der Waals surface area contributed by atoms with Gasteiger partial charge in [-0.3, -0.25) is 0 Å². The highest BCUT2D eigenvalue weighted by Gasteiger charge is 1.96. The van der Waals surface area contributed by atoms with Crippen LogP contribution in [0.3, 0.4) is 0 Å². The molecule has 0 bridgehead atoms. The second kappa shape index (κ2) is 5.43. The third-order valence-corrected chi connectivity index (χ3v) is 2.08. The first kappa shape index (κ1) is 10.8. The molecule has 0 fully saturated rings. The average Bonchev–Trinajstić information content (AvgIpc) is 2.26. The van der Waals surface area contributed by atoms with E-state index in [4.69, 9.17) is 5.11 Å². The smallest absolute Gasteiger partial charge is 0.0713 e. The van der Waals surface area contributed by atoms with Crippen LogP contribution >= 0.6 is 0 Å². The predicted octanol–water partition coefficient (Wildman–Crippen LogP) is 3.02. The van der Waals surface area contributed by atoms with E-state index in [1.807, 2.05) is 25.1 Å². The van der Waals surface area contributed by atoms with E-state index in [-0.39, 0.29) is 6.61 Å². The minimum Gasteiger partial charge on any atom is -0.391 e. The van der Waals surface area contributed by atoms with Crippen LogP contribution in [0.25, 0.3) is 5.57 Å². The summed E-state index contributed by atoms with van der Waals surface area (Å²) in [5, 5.41) is 8.91. The molecule has 0 unspecified atom stereocenters. The molecule has 0 aliphatic heterocycles. The summed E-state index contributed by atoms with van der Waals surface area (Å²) in [6.45, 7) is 4.06. The summed E-state index contributed by atoms with van der Waals surface area (Å²) in [5.74, 6) is 0. The molecule has 0 radical (unpaired) electrons. The molecular weight excluding hydrogens is 172 g/mol. The standard InChI is InChI=1S/C13H16O/c1-3-12(9-11(2)10-14)13-7-5-4-6-8-13/h4-8,14H,3,10H2,1-2H3. The lowest BCUT2D eigenvalue weighted by atomic mass is 10.0. The second-order valence-corrected chi connectivity index (χ2v) is 3.26. The summed E-state index contributed by atoms with van der Waals surface area (Å²) in [7, 11) is 0. The number of aliphatic hydroxyl groups excluding tert-OH is 1. The van der Waals surface area contributed by atoms with Crippen molar-refractivity contribution in [2.75, 3.05) is 6.61 Å². The van der Waals surface area contributed by atoms with Crippen molar-refractivity contribution in [1.29, 1.82) is 0 Å². The van der Waals surface area contributed by atoms with E-state index in [9.17, 15) is 0 Å². The largest absolute Gasteiger partial charge is 0.391 e. The molecule has 1 rings (SSSR count). The zero-order valence-corrected chi connectivity index (χ0v) is 8.75. The van der Waals surface area contributed by atoms with Crippen molar-refractivity contribution in [3.05, 3.63) is 47.2 Å². The molecule has 0 atom stereocenters. The van der Waals surface area contributed by atoms with Crippen molar-refractivity contribution in [2.45, 2.75) is 20.3 Å². The van der Waals surface area contributed by atoms with Gasteiger partial charge in [-0.2, -0.15) is 0 Å². The summed E-state index contributed by atoms with van der Waals surface area (Å²) in [6.07, 6.45) is 0.932. The fourth-order valence-electron chi connectivity index (χ4n) is 1.30. The zero-order valence-electron chi connectivity index (χ0n) is 8.75. The van der Waals surface area contributed by atoms with E-state index in [0.29, 0.717) is 0 Å². The number of hydrogen-bond donors (Lipinski definition) is 1. The van der Waals surface area contributed by atoms with Gasteiger partial charge in [0.05, 0.1) is 6.61 Å². The normalized spacial score (nSPS) is 9.36. The Balaban J connectivity index is 3.12. The fourth-order valence-corrected chi connectivity index (χ4v) is 1.30. The van der Waals surface area contributed by atoms with E-state index >= 15 is 0 Å². The minimum absolute atomic E-state index is 0.0797. The second-order valence-electron chi connectivity index (χ2n) is 3.26. The molecule has 0 saturated heterocycles. The molecule has 1 aromatic rings. The van der Waals surface area contributed by atoms with Crippen molar-refractivity contribution in [2.24, 2.45) is 0 Å². The first-order chi connectivity index (χ1) is 6.77. The number of benzene rings is 1. The Morgan fingerprint density at radius 2 is 1.93 bits per heavy atom. The van der Waals surface area contributed by atoms with E-state index in [1.165, 1.54) is 5.56 Å². The van der Waals surface area contributed by atoms with Crippen LogP contribution in [0.2, 0.25) is 0 Å². The Morgan fingerprint density at radius 3 is 2.43 bits per heavy atom. The van der Waals surface area contributed by atoms with Crippen molar-refractivity contribution >= 4 is 5.57 Å². The molecule has 0 spiro atoms. The molecule has 0 heterocycles. The highest BCUT2D eigenvalue weighted by Crippen LogP contribution is 2.16. The van der Waals surface area contributed by atoms with Crippen LogP contribution in [0.1, 0.15) is 25.8 Å². The van der Waals surface area contributed by atoms with E-state index in [2.05, 4.69) is 24.8 Å². The van der Waals surface area contributed by atoms with Crippen LogP contribution in [0.15, 0.2) is 41.6 Å². The van der Waals surface area contributed by atoms with Gasteiger partial charge in [-0.25, -0.2) is 0 Å². The van der Waals surface area contributed by atoms with Crippen LogP contribution in [0.5, 0.6) is 0 Å². The van der Waals surface area contributed by atoms with Gasteiger partial charge >= 0.3 is 0 Å². The Morgan fingerprint density at radius 1 is 1.29 bits per heavy atom. The fraction of sp³-hybridized carbons (Fsp3) is 0.308. The first-order valence-electron chi connectivity index (χ1n) is 4.89. The van der Waals surface area contributed by atoms with Gasteiger partial charge in [0, 0.05) is 5.57 Å².